The lowest BCUT2D eigenvalue weighted by molar-refractivity contribution is -0.119. The predicted octanol–water partition coefficient (Wildman–Crippen LogP) is 4.63. The summed E-state index contributed by atoms with van der Waals surface area (Å²) >= 11 is 4.78. The Balaban J connectivity index is 2.10. The van der Waals surface area contributed by atoms with Crippen LogP contribution in [0.5, 0.6) is 0 Å². The molecule has 0 aliphatic heterocycles. The molecule has 2 aromatic rings. The van der Waals surface area contributed by atoms with Gasteiger partial charge in [-0.05, 0) is 56.7 Å². The summed E-state index contributed by atoms with van der Waals surface area (Å²) in [7, 11) is 0. The van der Waals surface area contributed by atoms with E-state index in [9.17, 15) is 9.59 Å². The molecule has 0 saturated heterocycles. The molecule has 0 saturated carbocycles. The number of aryl methyl sites for hydroxylation is 1. The highest BCUT2D eigenvalue weighted by Gasteiger charge is 2.14. The number of anilines is 1. The van der Waals surface area contributed by atoms with E-state index in [-0.39, 0.29) is 23.6 Å². The Labute approximate surface area is 160 Å². The van der Waals surface area contributed by atoms with Gasteiger partial charge in [0.15, 0.2) is 0 Å². The monoisotopic (exact) mass is 420 g/mol. The van der Waals surface area contributed by atoms with Gasteiger partial charge in [-0.3, -0.25) is 9.59 Å². The molecule has 132 valence electrons. The van der Waals surface area contributed by atoms with Crippen molar-refractivity contribution in [1.29, 1.82) is 0 Å². The van der Waals surface area contributed by atoms with E-state index in [2.05, 4.69) is 26.6 Å². The molecule has 0 heterocycles. The summed E-state index contributed by atoms with van der Waals surface area (Å²) in [5.74, 6) is 0.0523. The van der Waals surface area contributed by atoms with Crippen molar-refractivity contribution in [1.82, 2.24) is 5.32 Å². The Hall–Kier alpha value is -1.79. The molecule has 0 aliphatic carbocycles. The van der Waals surface area contributed by atoms with Gasteiger partial charge in [0, 0.05) is 21.1 Å². The second-order valence-corrected chi connectivity index (χ2v) is 7.85. The minimum Gasteiger partial charge on any atom is -0.353 e. The summed E-state index contributed by atoms with van der Waals surface area (Å²) in [6, 6.07) is 13.1. The Morgan fingerprint density at radius 2 is 1.88 bits per heavy atom. The fourth-order valence-electron chi connectivity index (χ4n) is 2.24. The van der Waals surface area contributed by atoms with Crippen molar-refractivity contribution in [3.63, 3.8) is 0 Å². The number of thioether (sulfide) groups is 1. The van der Waals surface area contributed by atoms with Crippen LogP contribution in [-0.4, -0.2) is 23.6 Å². The van der Waals surface area contributed by atoms with Gasteiger partial charge in [0.2, 0.25) is 5.91 Å². The van der Waals surface area contributed by atoms with Crippen LogP contribution in [0.1, 0.15) is 29.8 Å². The average Bonchev–Trinajstić information content (AvgIpc) is 2.55. The van der Waals surface area contributed by atoms with E-state index in [0.717, 1.165) is 20.6 Å². The molecule has 25 heavy (non-hydrogen) atoms. The SMILES string of the molecule is Cc1cc(Br)ccc1NC(=O)c1ccccc1SCC(=O)NC(C)C. The van der Waals surface area contributed by atoms with Crippen molar-refractivity contribution in [3.05, 3.63) is 58.1 Å². The van der Waals surface area contributed by atoms with E-state index in [0.29, 0.717) is 5.56 Å². The fraction of sp³-hybridized carbons (Fsp3) is 0.263. The van der Waals surface area contributed by atoms with Gasteiger partial charge >= 0.3 is 0 Å². The molecular formula is C19H21BrN2O2S. The van der Waals surface area contributed by atoms with Crippen LogP contribution in [0, 0.1) is 6.92 Å². The lowest BCUT2D eigenvalue weighted by atomic mass is 10.1. The van der Waals surface area contributed by atoms with E-state index >= 15 is 0 Å². The van der Waals surface area contributed by atoms with Crippen LogP contribution >= 0.6 is 27.7 Å². The Morgan fingerprint density at radius 1 is 1.16 bits per heavy atom. The van der Waals surface area contributed by atoms with Gasteiger partial charge < -0.3 is 10.6 Å². The largest absolute Gasteiger partial charge is 0.353 e. The van der Waals surface area contributed by atoms with Crippen molar-refractivity contribution in [2.24, 2.45) is 0 Å². The highest BCUT2D eigenvalue weighted by molar-refractivity contribution is 9.10. The summed E-state index contributed by atoms with van der Waals surface area (Å²) in [6.45, 7) is 5.78. The van der Waals surface area contributed by atoms with Crippen LogP contribution in [-0.2, 0) is 4.79 Å². The molecule has 2 rings (SSSR count). The normalized spacial score (nSPS) is 10.6. The number of nitrogens with one attached hydrogen (secondary N) is 2. The summed E-state index contributed by atoms with van der Waals surface area (Å²) in [6.07, 6.45) is 0. The smallest absolute Gasteiger partial charge is 0.256 e. The van der Waals surface area contributed by atoms with E-state index in [1.807, 2.05) is 57.2 Å². The van der Waals surface area contributed by atoms with E-state index in [1.54, 1.807) is 6.07 Å². The fourth-order valence-corrected chi connectivity index (χ4v) is 3.58. The van der Waals surface area contributed by atoms with E-state index in [1.165, 1.54) is 11.8 Å². The van der Waals surface area contributed by atoms with Crippen LogP contribution in [0.25, 0.3) is 0 Å². The minimum atomic E-state index is -0.183. The molecule has 4 nitrogen and oxygen atoms in total. The molecular weight excluding hydrogens is 400 g/mol. The standard InChI is InChI=1S/C19H21BrN2O2S/c1-12(2)21-18(23)11-25-17-7-5-4-6-15(17)19(24)22-16-9-8-14(20)10-13(16)3/h4-10,12H,11H2,1-3H3,(H,21,23)(H,22,24). The number of benzene rings is 2. The van der Waals surface area contributed by atoms with Crippen molar-refractivity contribution in [2.45, 2.75) is 31.7 Å². The minimum absolute atomic E-state index is 0.0426. The van der Waals surface area contributed by atoms with E-state index < -0.39 is 0 Å². The first kappa shape index (κ1) is 19.5. The van der Waals surface area contributed by atoms with Crippen LogP contribution in [0.3, 0.4) is 0 Å². The van der Waals surface area contributed by atoms with Gasteiger partial charge in [0.1, 0.15) is 0 Å². The van der Waals surface area contributed by atoms with Crippen LogP contribution < -0.4 is 10.6 Å². The van der Waals surface area contributed by atoms with Gasteiger partial charge in [0.25, 0.3) is 5.91 Å². The van der Waals surface area contributed by atoms with Gasteiger partial charge in [-0.25, -0.2) is 0 Å². The maximum atomic E-state index is 12.7. The summed E-state index contributed by atoms with van der Waals surface area (Å²) in [5, 5.41) is 5.79. The molecule has 2 amide bonds. The van der Waals surface area contributed by atoms with Crippen LogP contribution in [0.4, 0.5) is 5.69 Å². The third-order valence-electron chi connectivity index (χ3n) is 3.38. The predicted molar refractivity (Wildman–Crippen MR) is 107 cm³/mol. The molecule has 0 aliphatic rings. The second-order valence-electron chi connectivity index (χ2n) is 5.92. The van der Waals surface area contributed by atoms with E-state index in [4.69, 9.17) is 0 Å². The zero-order chi connectivity index (χ0) is 18.4. The highest BCUT2D eigenvalue weighted by atomic mass is 79.9. The molecule has 0 bridgehead atoms. The van der Waals surface area contributed by atoms with Crippen LogP contribution in [0.15, 0.2) is 51.8 Å². The second kappa shape index (κ2) is 9.06. The van der Waals surface area contributed by atoms with Gasteiger partial charge in [-0.15, -0.1) is 11.8 Å². The molecule has 0 unspecified atom stereocenters. The molecule has 2 N–H and O–H groups in total. The number of hydrogen-bond donors (Lipinski definition) is 2. The molecule has 0 atom stereocenters. The zero-order valence-electron chi connectivity index (χ0n) is 14.4. The lowest BCUT2D eigenvalue weighted by Crippen LogP contribution is -2.31. The number of amides is 2. The average molecular weight is 421 g/mol. The third-order valence-corrected chi connectivity index (χ3v) is 4.94. The first-order valence-corrected chi connectivity index (χ1v) is 9.73. The summed E-state index contributed by atoms with van der Waals surface area (Å²) in [5.41, 5.74) is 2.31. The highest BCUT2D eigenvalue weighted by Crippen LogP contribution is 2.25. The molecule has 0 fully saturated rings. The van der Waals surface area contributed by atoms with Gasteiger partial charge in [-0.1, -0.05) is 28.1 Å². The summed E-state index contributed by atoms with van der Waals surface area (Å²) in [4.78, 5) is 25.3. The van der Waals surface area contributed by atoms with Crippen molar-refractivity contribution >= 4 is 45.2 Å². The molecule has 2 aromatic carbocycles. The molecule has 6 heteroatoms. The number of halogens is 1. The molecule has 0 radical (unpaired) electrons. The number of carbonyl (C=O) groups excluding carboxylic acids is 2. The Kier molecular flexibility index (Phi) is 7.08. The lowest BCUT2D eigenvalue weighted by Gasteiger charge is -2.12. The van der Waals surface area contributed by atoms with Crippen LogP contribution in [0.2, 0.25) is 0 Å². The van der Waals surface area contributed by atoms with Crippen molar-refractivity contribution in [3.8, 4) is 0 Å². The number of hydrogen-bond acceptors (Lipinski definition) is 3. The maximum absolute atomic E-state index is 12.7. The first-order valence-electron chi connectivity index (χ1n) is 7.95. The van der Waals surface area contributed by atoms with Gasteiger partial charge in [-0.2, -0.15) is 0 Å². The third kappa shape index (κ3) is 5.90. The van der Waals surface area contributed by atoms with Crippen molar-refractivity contribution < 1.29 is 9.59 Å². The molecule has 0 spiro atoms. The Morgan fingerprint density at radius 3 is 2.56 bits per heavy atom. The topological polar surface area (TPSA) is 58.2 Å². The summed E-state index contributed by atoms with van der Waals surface area (Å²) < 4.78 is 0.968. The maximum Gasteiger partial charge on any atom is 0.256 e. The van der Waals surface area contributed by atoms with Gasteiger partial charge in [0.05, 0.1) is 11.3 Å². The number of rotatable bonds is 6. The first-order chi connectivity index (χ1) is 11.9. The Bertz CT molecular complexity index is 778. The molecule has 0 aromatic heterocycles. The quantitative estimate of drug-likeness (QED) is 0.669. The zero-order valence-corrected chi connectivity index (χ0v) is 16.8. The number of carbonyl (C=O) groups is 2. The van der Waals surface area contributed by atoms with Crippen molar-refractivity contribution in [2.75, 3.05) is 11.1 Å².